The third-order valence-electron chi connectivity index (χ3n) is 6.01. The van der Waals surface area contributed by atoms with E-state index in [0.29, 0.717) is 0 Å². The molecular formula is C19H37N. The summed E-state index contributed by atoms with van der Waals surface area (Å²) in [7, 11) is 0. The van der Waals surface area contributed by atoms with Gasteiger partial charge >= 0.3 is 0 Å². The number of rotatable bonds is 6. The van der Waals surface area contributed by atoms with E-state index in [1.165, 1.54) is 83.6 Å². The minimum Gasteiger partial charge on any atom is -0.313 e. The van der Waals surface area contributed by atoms with Gasteiger partial charge in [-0.1, -0.05) is 58.8 Å². The maximum atomic E-state index is 3.97. The van der Waals surface area contributed by atoms with Crippen LogP contribution in [-0.4, -0.2) is 12.6 Å². The molecule has 1 heteroatoms. The molecule has 20 heavy (non-hydrogen) atoms. The highest BCUT2D eigenvalue weighted by Crippen LogP contribution is 2.37. The molecule has 0 spiro atoms. The average Bonchev–Trinajstić information content (AvgIpc) is 2.77. The Morgan fingerprint density at radius 2 is 1.40 bits per heavy atom. The maximum Gasteiger partial charge on any atom is 0.0124 e. The summed E-state index contributed by atoms with van der Waals surface area (Å²) in [6.07, 6.45) is 17.6. The Hall–Kier alpha value is -0.0400. The molecule has 0 bridgehead atoms. The molecule has 2 rings (SSSR count). The minimum atomic E-state index is 0.839. The Morgan fingerprint density at radius 1 is 0.800 bits per heavy atom. The van der Waals surface area contributed by atoms with Crippen molar-refractivity contribution in [3.8, 4) is 0 Å². The van der Waals surface area contributed by atoms with Crippen molar-refractivity contribution >= 4 is 0 Å². The molecule has 0 radical (unpaired) electrons. The molecule has 1 atom stereocenters. The van der Waals surface area contributed by atoms with E-state index >= 15 is 0 Å². The van der Waals surface area contributed by atoms with Gasteiger partial charge in [0.2, 0.25) is 0 Å². The summed E-state index contributed by atoms with van der Waals surface area (Å²) in [5.74, 6) is 2.99. The van der Waals surface area contributed by atoms with Crippen LogP contribution in [0.4, 0.5) is 0 Å². The van der Waals surface area contributed by atoms with E-state index in [0.717, 1.165) is 23.8 Å². The highest BCUT2D eigenvalue weighted by molar-refractivity contribution is 4.87. The van der Waals surface area contributed by atoms with Crippen molar-refractivity contribution < 1.29 is 0 Å². The molecule has 1 nitrogen and oxygen atoms in total. The fourth-order valence-electron chi connectivity index (χ4n) is 4.65. The van der Waals surface area contributed by atoms with Gasteiger partial charge in [-0.15, -0.1) is 0 Å². The molecule has 0 aromatic carbocycles. The molecule has 2 saturated carbocycles. The van der Waals surface area contributed by atoms with Crippen LogP contribution in [0.25, 0.3) is 0 Å². The third-order valence-corrected chi connectivity index (χ3v) is 6.01. The van der Waals surface area contributed by atoms with Crippen LogP contribution in [0.15, 0.2) is 0 Å². The molecule has 2 aliphatic rings. The first-order chi connectivity index (χ1) is 9.85. The molecule has 2 fully saturated rings. The van der Waals surface area contributed by atoms with Gasteiger partial charge in [0, 0.05) is 6.04 Å². The Labute approximate surface area is 127 Å². The molecular weight excluding hydrogens is 242 g/mol. The van der Waals surface area contributed by atoms with Crippen molar-refractivity contribution in [3.63, 3.8) is 0 Å². The second kappa shape index (κ2) is 9.07. The first kappa shape index (κ1) is 16.3. The summed E-state index contributed by atoms with van der Waals surface area (Å²) in [4.78, 5) is 0. The molecule has 118 valence electrons. The van der Waals surface area contributed by atoms with Crippen molar-refractivity contribution in [2.45, 2.75) is 96.9 Å². The van der Waals surface area contributed by atoms with Crippen LogP contribution in [0.1, 0.15) is 90.9 Å². The zero-order valence-corrected chi connectivity index (χ0v) is 14.0. The van der Waals surface area contributed by atoms with Crippen molar-refractivity contribution in [1.29, 1.82) is 0 Å². The molecule has 0 aromatic heterocycles. The molecule has 0 saturated heterocycles. The predicted molar refractivity (Wildman–Crippen MR) is 89.0 cm³/mol. The van der Waals surface area contributed by atoms with E-state index < -0.39 is 0 Å². The summed E-state index contributed by atoms with van der Waals surface area (Å²) < 4.78 is 0. The monoisotopic (exact) mass is 279 g/mol. The van der Waals surface area contributed by atoms with E-state index in [4.69, 9.17) is 0 Å². The summed E-state index contributed by atoms with van der Waals surface area (Å²) in [5, 5.41) is 3.97. The SMILES string of the molecule is CCCNC(C1CCCCCC1)C1CCC(CC)CC1. The normalized spacial score (nSPS) is 30.9. The second-order valence-electron chi connectivity index (χ2n) is 7.42. The van der Waals surface area contributed by atoms with Gasteiger partial charge in [-0.25, -0.2) is 0 Å². The lowest BCUT2D eigenvalue weighted by Crippen LogP contribution is -2.44. The molecule has 0 amide bonds. The first-order valence-corrected chi connectivity index (χ1v) is 9.58. The Morgan fingerprint density at radius 3 is 1.95 bits per heavy atom. The quantitative estimate of drug-likeness (QED) is 0.629. The summed E-state index contributed by atoms with van der Waals surface area (Å²) in [5.41, 5.74) is 0. The smallest absolute Gasteiger partial charge is 0.0124 e. The molecule has 1 N–H and O–H groups in total. The van der Waals surface area contributed by atoms with Gasteiger partial charge in [0.15, 0.2) is 0 Å². The van der Waals surface area contributed by atoms with Gasteiger partial charge in [-0.05, 0) is 56.4 Å². The average molecular weight is 280 g/mol. The van der Waals surface area contributed by atoms with Crippen molar-refractivity contribution in [3.05, 3.63) is 0 Å². The molecule has 0 heterocycles. The Balaban J connectivity index is 1.91. The van der Waals surface area contributed by atoms with Crippen LogP contribution in [0.2, 0.25) is 0 Å². The summed E-state index contributed by atoms with van der Waals surface area (Å²) in [6, 6.07) is 0.839. The van der Waals surface area contributed by atoms with E-state index in [1.807, 2.05) is 0 Å². The minimum absolute atomic E-state index is 0.839. The van der Waals surface area contributed by atoms with Gasteiger partial charge in [0.1, 0.15) is 0 Å². The number of nitrogens with one attached hydrogen (secondary N) is 1. The zero-order chi connectivity index (χ0) is 14.2. The lowest BCUT2D eigenvalue weighted by Gasteiger charge is -2.38. The largest absolute Gasteiger partial charge is 0.313 e. The van der Waals surface area contributed by atoms with Crippen LogP contribution in [0.3, 0.4) is 0 Å². The van der Waals surface area contributed by atoms with Crippen LogP contribution in [-0.2, 0) is 0 Å². The Kier molecular flexibility index (Phi) is 7.41. The van der Waals surface area contributed by atoms with Crippen molar-refractivity contribution in [2.75, 3.05) is 6.54 Å². The maximum absolute atomic E-state index is 3.97. The Bertz CT molecular complexity index is 234. The highest BCUT2D eigenvalue weighted by atomic mass is 14.9. The van der Waals surface area contributed by atoms with E-state index in [-0.39, 0.29) is 0 Å². The molecule has 0 aromatic rings. The summed E-state index contributed by atoms with van der Waals surface area (Å²) in [6.45, 7) is 5.92. The van der Waals surface area contributed by atoms with Crippen molar-refractivity contribution in [1.82, 2.24) is 5.32 Å². The van der Waals surface area contributed by atoms with E-state index in [9.17, 15) is 0 Å². The van der Waals surface area contributed by atoms with Gasteiger partial charge in [0.25, 0.3) is 0 Å². The van der Waals surface area contributed by atoms with Crippen molar-refractivity contribution in [2.24, 2.45) is 17.8 Å². The number of hydrogen-bond acceptors (Lipinski definition) is 1. The molecule has 1 unspecified atom stereocenters. The fraction of sp³-hybridized carbons (Fsp3) is 1.00. The zero-order valence-electron chi connectivity index (χ0n) is 14.0. The van der Waals surface area contributed by atoms with Gasteiger partial charge in [-0.3, -0.25) is 0 Å². The topological polar surface area (TPSA) is 12.0 Å². The van der Waals surface area contributed by atoms with E-state index in [1.54, 1.807) is 0 Å². The second-order valence-corrected chi connectivity index (χ2v) is 7.42. The molecule has 0 aliphatic heterocycles. The predicted octanol–water partition coefficient (Wildman–Crippen LogP) is 5.54. The van der Waals surface area contributed by atoms with E-state index in [2.05, 4.69) is 19.2 Å². The van der Waals surface area contributed by atoms with Gasteiger partial charge in [0.05, 0.1) is 0 Å². The van der Waals surface area contributed by atoms with Crippen LogP contribution in [0.5, 0.6) is 0 Å². The molecule has 2 aliphatic carbocycles. The van der Waals surface area contributed by atoms with Crippen LogP contribution >= 0.6 is 0 Å². The van der Waals surface area contributed by atoms with Crippen LogP contribution in [0, 0.1) is 17.8 Å². The number of hydrogen-bond donors (Lipinski definition) is 1. The summed E-state index contributed by atoms with van der Waals surface area (Å²) >= 11 is 0. The highest BCUT2D eigenvalue weighted by Gasteiger charge is 2.32. The first-order valence-electron chi connectivity index (χ1n) is 9.58. The standard InChI is InChI=1S/C19H37N/c1-3-15-20-19(17-9-7-5-6-8-10-17)18-13-11-16(4-2)12-14-18/h16-20H,3-15H2,1-2H3. The van der Waals surface area contributed by atoms with Gasteiger partial charge < -0.3 is 5.32 Å². The lowest BCUT2D eigenvalue weighted by molar-refractivity contribution is 0.166. The third kappa shape index (κ3) is 4.76. The fourth-order valence-corrected chi connectivity index (χ4v) is 4.65. The lowest BCUT2D eigenvalue weighted by atomic mass is 9.73. The van der Waals surface area contributed by atoms with Gasteiger partial charge in [-0.2, -0.15) is 0 Å². The van der Waals surface area contributed by atoms with Crippen LogP contribution < -0.4 is 5.32 Å².